The minimum Gasteiger partial charge on any atom is -0.388 e. The molecule has 0 aliphatic carbocycles. The Morgan fingerprint density at radius 2 is 2.21 bits per heavy atom. The normalized spacial score (nSPS) is 9.86. The van der Waals surface area contributed by atoms with Crippen LogP contribution in [0.2, 0.25) is 0 Å². The van der Waals surface area contributed by atoms with E-state index >= 15 is 0 Å². The Labute approximate surface area is 86.8 Å². The lowest BCUT2D eigenvalue weighted by Crippen LogP contribution is -1.99. The van der Waals surface area contributed by atoms with Gasteiger partial charge in [-0.15, -0.1) is 6.58 Å². The maximum Gasteiger partial charge on any atom is 0.0376 e. The van der Waals surface area contributed by atoms with Gasteiger partial charge >= 0.3 is 0 Å². The van der Waals surface area contributed by atoms with Gasteiger partial charge in [-0.25, -0.2) is 0 Å². The van der Waals surface area contributed by atoms with Gasteiger partial charge < -0.3 is 5.32 Å². The van der Waals surface area contributed by atoms with Gasteiger partial charge in [0, 0.05) is 12.7 Å². The first kappa shape index (κ1) is 10.8. The molecule has 0 saturated heterocycles. The van der Waals surface area contributed by atoms with E-state index in [1.54, 1.807) is 0 Å². The third-order valence-corrected chi connectivity index (χ3v) is 2.41. The first-order valence-corrected chi connectivity index (χ1v) is 5.22. The Kier molecular flexibility index (Phi) is 4.24. The summed E-state index contributed by atoms with van der Waals surface area (Å²) < 4.78 is 0. The Hall–Kier alpha value is -1.24. The van der Waals surface area contributed by atoms with E-state index in [0.717, 1.165) is 12.8 Å². The highest BCUT2D eigenvalue weighted by molar-refractivity contribution is 5.55. The quantitative estimate of drug-likeness (QED) is 0.700. The van der Waals surface area contributed by atoms with Crippen molar-refractivity contribution in [2.45, 2.75) is 26.2 Å². The van der Waals surface area contributed by atoms with Crippen LogP contribution in [-0.4, -0.2) is 7.05 Å². The van der Waals surface area contributed by atoms with Gasteiger partial charge in [0.25, 0.3) is 0 Å². The molecule has 0 aliphatic rings. The van der Waals surface area contributed by atoms with E-state index in [9.17, 15) is 0 Å². The second-order valence-corrected chi connectivity index (χ2v) is 3.44. The number of anilines is 1. The first-order valence-electron chi connectivity index (χ1n) is 5.22. The molecule has 76 valence electrons. The summed E-state index contributed by atoms with van der Waals surface area (Å²) in [7, 11) is 1.97. The molecule has 0 aliphatic heterocycles. The molecule has 0 atom stereocenters. The van der Waals surface area contributed by atoms with Crippen molar-refractivity contribution < 1.29 is 0 Å². The van der Waals surface area contributed by atoms with E-state index in [-0.39, 0.29) is 0 Å². The summed E-state index contributed by atoms with van der Waals surface area (Å²) in [5.41, 5.74) is 4.07. The van der Waals surface area contributed by atoms with Crippen LogP contribution in [0.15, 0.2) is 30.9 Å². The van der Waals surface area contributed by atoms with Gasteiger partial charge in [-0.1, -0.05) is 31.6 Å². The van der Waals surface area contributed by atoms with Crippen molar-refractivity contribution in [2.24, 2.45) is 0 Å². The van der Waals surface area contributed by atoms with Gasteiger partial charge in [0.1, 0.15) is 0 Å². The van der Waals surface area contributed by atoms with Crippen LogP contribution < -0.4 is 5.32 Å². The molecule has 1 aromatic carbocycles. The second-order valence-electron chi connectivity index (χ2n) is 3.44. The van der Waals surface area contributed by atoms with E-state index in [4.69, 9.17) is 0 Å². The summed E-state index contributed by atoms with van der Waals surface area (Å²) >= 11 is 0. The number of allylic oxidation sites excluding steroid dienone is 1. The van der Waals surface area contributed by atoms with Crippen LogP contribution in [0, 0.1) is 0 Å². The topological polar surface area (TPSA) is 12.0 Å². The van der Waals surface area contributed by atoms with Crippen LogP contribution in [0.5, 0.6) is 0 Å². The van der Waals surface area contributed by atoms with Crippen LogP contribution >= 0.6 is 0 Å². The molecular weight excluding hydrogens is 170 g/mol. The van der Waals surface area contributed by atoms with Crippen LogP contribution in [0.4, 0.5) is 5.69 Å². The van der Waals surface area contributed by atoms with Crippen molar-refractivity contribution in [3.8, 4) is 0 Å². The van der Waals surface area contributed by atoms with Crippen LogP contribution in [0.3, 0.4) is 0 Å². The van der Waals surface area contributed by atoms with Crippen molar-refractivity contribution in [3.63, 3.8) is 0 Å². The zero-order chi connectivity index (χ0) is 10.4. The number of hydrogen-bond donors (Lipinski definition) is 1. The lowest BCUT2D eigenvalue weighted by Gasteiger charge is -2.12. The van der Waals surface area contributed by atoms with E-state index in [1.807, 2.05) is 13.1 Å². The Morgan fingerprint density at radius 1 is 1.43 bits per heavy atom. The summed E-state index contributed by atoms with van der Waals surface area (Å²) in [5.74, 6) is 0. The summed E-state index contributed by atoms with van der Waals surface area (Å²) in [5, 5.41) is 3.23. The van der Waals surface area contributed by atoms with E-state index in [0.29, 0.717) is 0 Å². The second kappa shape index (κ2) is 5.48. The highest BCUT2D eigenvalue weighted by atomic mass is 14.8. The van der Waals surface area contributed by atoms with Crippen LogP contribution in [0.1, 0.15) is 24.5 Å². The van der Waals surface area contributed by atoms with Crippen molar-refractivity contribution >= 4 is 5.69 Å². The van der Waals surface area contributed by atoms with Gasteiger partial charge in [-0.05, 0) is 30.0 Å². The maximum atomic E-state index is 3.80. The summed E-state index contributed by atoms with van der Waals surface area (Å²) in [6.45, 7) is 6.02. The molecule has 0 amide bonds. The summed E-state index contributed by atoms with van der Waals surface area (Å²) in [6, 6.07) is 6.45. The minimum absolute atomic E-state index is 0.951. The third-order valence-electron chi connectivity index (χ3n) is 2.41. The van der Waals surface area contributed by atoms with Crippen LogP contribution in [0.25, 0.3) is 0 Å². The predicted octanol–water partition coefficient (Wildman–Crippen LogP) is 3.41. The molecule has 1 nitrogen and oxygen atoms in total. The number of hydrogen-bond acceptors (Lipinski definition) is 1. The zero-order valence-corrected chi connectivity index (χ0v) is 9.14. The van der Waals surface area contributed by atoms with E-state index in [2.05, 4.69) is 37.0 Å². The van der Waals surface area contributed by atoms with Crippen LogP contribution in [-0.2, 0) is 12.8 Å². The van der Waals surface area contributed by atoms with Gasteiger partial charge in [0.05, 0.1) is 0 Å². The molecule has 1 rings (SSSR count). The molecule has 1 heteroatoms. The van der Waals surface area contributed by atoms with E-state index in [1.165, 1.54) is 23.2 Å². The lowest BCUT2D eigenvalue weighted by molar-refractivity contribution is 0.907. The summed E-state index contributed by atoms with van der Waals surface area (Å²) in [6.07, 6.45) is 5.26. The molecule has 0 fully saturated rings. The smallest absolute Gasteiger partial charge is 0.0376 e. The monoisotopic (exact) mass is 189 g/mol. The average molecular weight is 189 g/mol. The highest BCUT2D eigenvalue weighted by Gasteiger charge is 2.04. The van der Waals surface area contributed by atoms with Crippen molar-refractivity contribution in [3.05, 3.63) is 42.0 Å². The van der Waals surface area contributed by atoms with Gasteiger partial charge in [0.15, 0.2) is 0 Å². The Morgan fingerprint density at radius 3 is 2.79 bits per heavy atom. The molecule has 0 spiro atoms. The molecule has 1 N–H and O–H groups in total. The molecule has 0 bridgehead atoms. The molecular formula is C13H19N. The van der Waals surface area contributed by atoms with Crippen molar-refractivity contribution in [1.82, 2.24) is 0 Å². The predicted molar refractivity (Wildman–Crippen MR) is 63.9 cm³/mol. The highest BCUT2D eigenvalue weighted by Crippen LogP contribution is 2.21. The lowest BCUT2D eigenvalue weighted by atomic mass is 9.99. The average Bonchev–Trinajstić information content (AvgIpc) is 2.21. The van der Waals surface area contributed by atoms with Gasteiger partial charge in [-0.2, -0.15) is 0 Å². The fourth-order valence-corrected chi connectivity index (χ4v) is 1.76. The molecule has 0 aromatic heterocycles. The van der Waals surface area contributed by atoms with E-state index < -0.39 is 0 Å². The summed E-state index contributed by atoms with van der Waals surface area (Å²) in [4.78, 5) is 0. The number of benzene rings is 1. The number of aryl methyl sites for hydroxylation is 1. The first-order chi connectivity index (χ1) is 6.83. The van der Waals surface area contributed by atoms with Gasteiger partial charge in [-0.3, -0.25) is 0 Å². The molecule has 1 aromatic rings. The van der Waals surface area contributed by atoms with Gasteiger partial charge in [0.2, 0.25) is 0 Å². The SMILES string of the molecule is C=CCc1c(CCC)cccc1NC. The molecule has 14 heavy (non-hydrogen) atoms. The fourth-order valence-electron chi connectivity index (χ4n) is 1.76. The van der Waals surface area contributed by atoms with Crippen molar-refractivity contribution in [2.75, 3.05) is 12.4 Å². The molecule has 0 saturated carbocycles. The molecule has 0 radical (unpaired) electrons. The zero-order valence-electron chi connectivity index (χ0n) is 9.14. The maximum absolute atomic E-state index is 3.80. The largest absolute Gasteiger partial charge is 0.388 e. The number of rotatable bonds is 5. The molecule has 0 heterocycles. The number of nitrogens with one attached hydrogen (secondary N) is 1. The minimum atomic E-state index is 0.951. The molecule has 0 unspecified atom stereocenters. The van der Waals surface area contributed by atoms with Crippen molar-refractivity contribution in [1.29, 1.82) is 0 Å². The Bertz CT molecular complexity index is 302. The fraction of sp³-hybridized carbons (Fsp3) is 0.385. The Balaban J connectivity index is 3.06. The standard InChI is InChI=1S/C13H19N/c1-4-7-11-9-6-10-13(14-3)12(11)8-5-2/h5-6,9-10,14H,2,4,7-8H2,1,3H3. The third kappa shape index (κ3) is 2.38.